The molecule has 0 radical (unpaired) electrons. The molecule has 2 aromatic carbocycles. The first-order chi connectivity index (χ1) is 11.1. The summed E-state index contributed by atoms with van der Waals surface area (Å²) in [5, 5.41) is 4.28. The molecule has 0 fully saturated rings. The third-order valence-corrected chi connectivity index (χ3v) is 2.80. The van der Waals surface area contributed by atoms with Crippen LogP contribution in [-0.2, 0) is 4.79 Å². The highest BCUT2D eigenvalue weighted by atomic mass is 19.1. The van der Waals surface area contributed by atoms with Crippen LogP contribution in [0.2, 0.25) is 0 Å². The maximum Gasteiger partial charge on any atom is 0.326 e. The Hall–Kier alpha value is -3.09. The van der Waals surface area contributed by atoms with Crippen molar-refractivity contribution < 1.29 is 23.5 Å². The lowest BCUT2D eigenvalue weighted by atomic mass is 10.3. The molecule has 0 heterocycles. The molecule has 2 aromatic rings. The van der Waals surface area contributed by atoms with Gasteiger partial charge in [0.25, 0.3) is 5.91 Å². The Kier molecular flexibility index (Phi) is 5.51. The van der Waals surface area contributed by atoms with Crippen LogP contribution in [0.5, 0.6) is 11.5 Å². The number of carbonyl (C=O) groups excluding carboxylic acids is 2. The molecule has 120 valence electrons. The van der Waals surface area contributed by atoms with E-state index in [1.54, 1.807) is 30.3 Å². The first-order valence-electron chi connectivity index (χ1n) is 6.70. The van der Waals surface area contributed by atoms with Crippen LogP contribution in [0, 0.1) is 5.82 Å². The Labute approximate surface area is 132 Å². The van der Waals surface area contributed by atoms with E-state index in [2.05, 4.69) is 5.32 Å². The summed E-state index contributed by atoms with van der Waals surface area (Å²) in [5.41, 5.74) is -0.0196. The zero-order chi connectivity index (χ0) is 16.7. The van der Waals surface area contributed by atoms with Crippen molar-refractivity contribution >= 4 is 17.6 Å². The van der Waals surface area contributed by atoms with Gasteiger partial charge < -0.3 is 14.8 Å². The van der Waals surface area contributed by atoms with E-state index in [1.807, 2.05) is 5.32 Å². The molecule has 2 N–H and O–H groups in total. The zero-order valence-electron chi connectivity index (χ0n) is 12.3. The molecule has 0 bridgehead atoms. The number of ether oxygens (including phenoxy) is 2. The second kappa shape index (κ2) is 7.79. The van der Waals surface area contributed by atoms with Crippen molar-refractivity contribution in [2.45, 2.75) is 0 Å². The molecule has 3 amide bonds. The van der Waals surface area contributed by atoms with Crippen LogP contribution in [0.25, 0.3) is 0 Å². The molecule has 0 spiro atoms. The number of benzene rings is 2. The van der Waals surface area contributed by atoms with Gasteiger partial charge in [0.2, 0.25) is 0 Å². The molecule has 0 aliphatic rings. The van der Waals surface area contributed by atoms with Crippen molar-refractivity contribution in [1.82, 2.24) is 5.32 Å². The third-order valence-electron chi connectivity index (χ3n) is 2.80. The van der Waals surface area contributed by atoms with Gasteiger partial charge in [0.15, 0.2) is 6.61 Å². The monoisotopic (exact) mass is 318 g/mol. The fourth-order valence-electron chi connectivity index (χ4n) is 1.70. The quantitative estimate of drug-likeness (QED) is 0.888. The minimum absolute atomic E-state index is 0.0196. The fraction of sp³-hybridized carbons (Fsp3) is 0.125. The molecule has 0 aliphatic carbocycles. The van der Waals surface area contributed by atoms with Gasteiger partial charge in [-0.1, -0.05) is 12.1 Å². The number of amides is 3. The van der Waals surface area contributed by atoms with Gasteiger partial charge in [0, 0.05) is 0 Å². The number of nitrogens with one attached hydrogen (secondary N) is 2. The average Bonchev–Trinajstić information content (AvgIpc) is 2.55. The van der Waals surface area contributed by atoms with E-state index in [-0.39, 0.29) is 12.3 Å². The number of rotatable bonds is 5. The molecular formula is C16H15FN2O4. The van der Waals surface area contributed by atoms with E-state index in [4.69, 9.17) is 9.47 Å². The molecule has 0 saturated carbocycles. The van der Waals surface area contributed by atoms with Crippen LogP contribution in [0.3, 0.4) is 0 Å². The van der Waals surface area contributed by atoms with Crippen molar-refractivity contribution in [3.05, 3.63) is 54.3 Å². The number of methoxy groups -OCH3 is 1. The molecule has 0 unspecified atom stereocenters. The smallest absolute Gasteiger partial charge is 0.326 e. The molecule has 7 heteroatoms. The van der Waals surface area contributed by atoms with Crippen LogP contribution in [0.4, 0.5) is 14.9 Å². The number of carbonyl (C=O) groups is 2. The molecule has 0 aromatic heterocycles. The van der Waals surface area contributed by atoms with E-state index in [0.29, 0.717) is 11.5 Å². The van der Waals surface area contributed by atoms with Gasteiger partial charge in [-0.15, -0.1) is 0 Å². The molecule has 6 nitrogen and oxygen atoms in total. The summed E-state index contributed by atoms with van der Waals surface area (Å²) in [4.78, 5) is 23.2. The van der Waals surface area contributed by atoms with Crippen LogP contribution >= 0.6 is 0 Å². The second-order valence-corrected chi connectivity index (χ2v) is 4.45. The molecule has 0 atom stereocenters. The van der Waals surface area contributed by atoms with Crippen molar-refractivity contribution in [2.75, 3.05) is 19.0 Å². The van der Waals surface area contributed by atoms with E-state index < -0.39 is 17.8 Å². The summed E-state index contributed by atoms with van der Waals surface area (Å²) in [6, 6.07) is 11.4. The van der Waals surface area contributed by atoms with Crippen LogP contribution in [0.15, 0.2) is 48.5 Å². The van der Waals surface area contributed by atoms with Crippen molar-refractivity contribution in [3.8, 4) is 11.5 Å². The summed E-state index contributed by atoms with van der Waals surface area (Å²) in [6.45, 7) is -0.350. The average molecular weight is 318 g/mol. The maximum absolute atomic E-state index is 13.4. The molecule has 2 rings (SSSR count). The van der Waals surface area contributed by atoms with Crippen LogP contribution in [-0.4, -0.2) is 25.7 Å². The highest BCUT2D eigenvalue weighted by Gasteiger charge is 2.10. The first kappa shape index (κ1) is 16.3. The SMILES string of the molecule is COc1ccc(OCC(=O)NC(=O)Nc2ccccc2F)cc1. The number of halogens is 1. The zero-order valence-corrected chi connectivity index (χ0v) is 12.3. The van der Waals surface area contributed by atoms with Crippen LogP contribution < -0.4 is 20.1 Å². The lowest BCUT2D eigenvalue weighted by Crippen LogP contribution is -2.37. The minimum atomic E-state index is -0.835. The number of anilines is 1. The predicted molar refractivity (Wildman–Crippen MR) is 82.1 cm³/mol. The van der Waals surface area contributed by atoms with E-state index in [0.717, 1.165) is 0 Å². The summed E-state index contributed by atoms with van der Waals surface area (Å²) < 4.78 is 23.6. The number of para-hydroxylation sites is 1. The van der Waals surface area contributed by atoms with Gasteiger partial charge >= 0.3 is 6.03 Å². The summed E-state index contributed by atoms with van der Waals surface area (Å²) in [6.07, 6.45) is 0. The molecule has 23 heavy (non-hydrogen) atoms. The molecular weight excluding hydrogens is 303 g/mol. The minimum Gasteiger partial charge on any atom is -0.497 e. The Balaban J connectivity index is 1.79. The Morgan fingerprint density at radius 2 is 1.70 bits per heavy atom. The Morgan fingerprint density at radius 1 is 1.04 bits per heavy atom. The number of hydrogen-bond acceptors (Lipinski definition) is 4. The predicted octanol–water partition coefficient (Wildman–Crippen LogP) is 2.56. The van der Waals surface area contributed by atoms with Crippen LogP contribution in [0.1, 0.15) is 0 Å². The normalized spacial score (nSPS) is 9.83. The van der Waals surface area contributed by atoms with E-state index in [9.17, 15) is 14.0 Å². The standard InChI is InChI=1S/C16H15FN2O4/c1-22-11-6-8-12(9-7-11)23-10-15(20)19-16(21)18-14-5-3-2-4-13(14)17/h2-9H,10H2,1H3,(H2,18,19,20,21). The highest BCUT2D eigenvalue weighted by Crippen LogP contribution is 2.16. The lowest BCUT2D eigenvalue weighted by molar-refractivity contribution is -0.121. The number of imide groups is 1. The largest absolute Gasteiger partial charge is 0.497 e. The van der Waals surface area contributed by atoms with Crippen molar-refractivity contribution in [2.24, 2.45) is 0 Å². The van der Waals surface area contributed by atoms with Gasteiger partial charge in [-0.3, -0.25) is 10.1 Å². The Morgan fingerprint density at radius 3 is 2.35 bits per heavy atom. The topological polar surface area (TPSA) is 76.7 Å². The van der Waals surface area contributed by atoms with Gasteiger partial charge in [-0.2, -0.15) is 0 Å². The maximum atomic E-state index is 13.4. The van der Waals surface area contributed by atoms with Gasteiger partial charge in [-0.25, -0.2) is 9.18 Å². The van der Waals surface area contributed by atoms with Crippen molar-refractivity contribution in [3.63, 3.8) is 0 Å². The van der Waals surface area contributed by atoms with Gasteiger partial charge in [0.1, 0.15) is 17.3 Å². The van der Waals surface area contributed by atoms with Crippen molar-refractivity contribution in [1.29, 1.82) is 0 Å². The van der Waals surface area contributed by atoms with Gasteiger partial charge in [0.05, 0.1) is 12.8 Å². The third kappa shape index (κ3) is 4.99. The number of hydrogen-bond donors (Lipinski definition) is 2. The summed E-state index contributed by atoms with van der Waals surface area (Å²) in [7, 11) is 1.54. The highest BCUT2D eigenvalue weighted by molar-refractivity contribution is 6.01. The molecule has 0 aliphatic heterocycles. The summed E-state index contributed by atoms with van der Waals surface area (Å²) in [5.74, 6) is -0.138. The number of urea groups is 1. The van der Waals surface area contributed by atoms with Gasteiger partial charge in [-0.05, 0) is 36.4 Å². The fourth-order valence-corrected chi connectivity index (χ4v) is 1.70. The Bertz CT molecular complexity index is 689. The second-order valence-electron chi connectivity index (χ2n) is 4.45. The van der Waals surface area contributed by atoms with E-state index in [1.165, 1.54) is 25.3 Å². The first-order valence-corrected chi connectivity index (χ1v) is 6.70. The summed E-state index contributed by atoms with van der Waals surface area (Å²) >= 11 is 0. The lowest BCUT2D eigenvalue weighted by Gasteiger charge is -2.09. The van der Waals surface area contributed by atoms with E-state index >= 15 is 0 Å². The molecule has 0 saturated heterocycles.